The molecule has 0 unspecified atom stereocenters. The van der Waals surface area contributed by atoms with E-state index in [0.717, 1.165) is 18.8 Å². The van der Waals surface area contributed by atoms with Crippen LogP contribution in [0.25, 0.3) is 16.6 Å². The maximum atomic E-state index is 13.7. The molecule has 1 aromatic heterocycles. The number of anilines is 1. The van der Waals surface area contributed by atoms with Gasteiger partial charge in [0.15, 0.2) is 5.43 Å². The number of aromatic nitrogens is 1. The number of hydrogen-bond acceptors (Lipinski definition) is 6. The van der Waals surface area contributed by atoms with Crippen molar-refractivity contribution in [3.63, 3.8) is 0 Å². The molecule has 1 aliphatic rings. The number of hydrogen-bond donors (Lipinski definition) is 1. The Labute approximate surface area is 236 Å². The van der Waals surface area contributed by atoms with E-state index in [1.165, 1.54) is 4.90 Å². The number of para-hydroxylation sites is 1. The van der Waals surface area contributed by atoms with Crippen molar-refractivity contribution in [2.75, 3.05) is 45.3 Å². The van der Waals surface area contributed by atoms with Crippen LogP contribution in [0.1, 0.15) is 15.9 Å². The SMILES string of the molecule is CN(C)C(=O)Oc1c(CNC(=O)c2ccc(N3CCOCC3)cc2)c(=O)c2ccc(Cl)cc2n1-c1ccccc1. The second-order valence-electron chi connectivity index (χ2n) is 9.54. The molecule has 9 nitrogen and oxygen atoms in total. The quantitative estimate of drug-likeness (QED) is 0.374. The highest BCUT2D eigenvalue weighted by atomic mass is 35.5. The predicted octanol–water partition coefficient (Wildman–Crippen LogP) is 4.47. The van der Waals surface area contributed by atoms with Gasteiger partial charge in [-0.25, -0.2) is 4.79 Å². The van der Waals surface area contributed by atoms with Gasteiger partial charge in [-0.15, -0.1) is 0 Å². The third-order valence-electron chi connectivity index (χ3n) is 6.68. The lowest BCUT2D eigenvalue weighted by atomic mass is 10.1. The first kappa shape index (κ1) is 27.2. The van der Waals surface area contributed by atoms with E-state index in [-0.39, 0.29) is 29.3 Å². The van der Waals surface area contributed by atoms with E-state index in [2.05, 4.69) is 10.2 Å². The number of nitrogens with one attached hydrogen (secondary N) is 1. The van der Waals surface area contributed by atoms with E-state index in [0.29, 0.717) is 40.4 Å². The number of carbonyl (C=O) groups is 2. The van der Waals surface area contributed by atoms with Crippen LogP contribution in [0.4, 0.5) is 10.5 Å². The van der Waals surface area contributed by atoms with Crippen molar-refractivity contribution in [2.45, 2.75) is 6.54 Å². The first-order valence-corrected chi connectivity index (χ1v) is 13.2. The molecule has 206 valence electrons. The highest BCUT2D eigenvalue weighted by Gasteiger charge is 2.23. The van der Waals surface area contributed by atoms with Crippen molar-refractivity contribution in [2.24, 2.45) is 0 Å². The molecular formula is C30H29ClN4O5. The molecule has 1 N–H and O–H groups in total. The monoisotopic (exact) mass is 560 g/mol. The maximum absolute atomic E-state index is 13.7. The van der Waals surface area contributed by atoms with Crippen LogP contribution in [-0.2, 0) is 11.3 Å². The van der Waals surface area contributed by atoms with Crippen molar-refractivity contribution in [1.82, 2.24) is 14.8 Å². The van der Waals surface area contributed by atoms with Gasteiger partial charge in [-0.05, 0) is 54.6 Å². The molecule has 5 rings (SSSR count). The Hall–Kier alpha value is -4.34. The van der Waals surface area contributed by atoms with Gasteiger partial charge in [0.1, 0.15) is 0 Å². The lowest BCUT2D eigenvalue weighted by molar-refractivity contribution is 0.0950. The average Bonchev–Trinajstić information content (AvgIpc) is 2.97. The van der Waals surface area contributed by atoms with Crippen LogP contribution >= 0.6 is 11.6 Å². The van der Waals surface area contributed by atoms with Crippen molar-refractivity contribution in [3.05, 3.63) is 99.2 Å². The van der Waals surface area contributed by atoms with Crippen molar-refractivity contribution >= 4 is 40.2 Å². The summed E-state index contributed by atoms with van der Waals surface area (Å²) in [6.07, 6.45) is -0.670. The Morgan fingerprint density at radius 1 is 0.975 bits per heavy atom. The number of halogens is 1. The smallest absolute Gasteiger partial charge is 0.392 e. The molecule has 10 heteroatoms. The number of morpholine rings is 1. The van der Waals surface area contributed by atoms with Crippen LogP contribution in [0, 0.1) is 0 Å². The standard InChI is InChI=1S/C30H29ClN4O5/c1-33(2)30(38)40-29-25(19-32-28(37)20-8-11-22(12-9-20)34-14-16-39-17-15-34)27(36)24-13-10-21(31)18-26(24)35(29)23-6-4-3-5-7-23/h3-13,18H,14-17,19H2,1-2H3,(H,32,37). The van der Waals surface area contributed by atoms with Gasteiger partial charge < -0.3 is 24.6 Å². The molecule has 1 fully saturated rings. The Morgan fingerprint density at radius 3 is 2.35 bits per heavy atom. The summed E-state index contributed by atoms with van der Waals surface area (Å²) in [5.74, 6) is -0.354. The van der Waals surface area contributed by atoms with Crippen molar-refractivity contribution in [3.8, 4) is 11.6 Å². The van der Waals surface area contributed by atoms with Crippen molar-refractivity contribution < 1.29 is 19.1 Å². The number of amides is 2. The largest absolute Gasteiger partial charge is 0.416 e. The lowest BCUT2D eigenvalue weighted by Gasteiger charge is -2.28. The van der Waals surface area contributed by atoms with E-state index < -0.39 is 6.09 Å². The summed E-state index contributed by atoms with van der Waals surface area (Å²) in [5, 5.41) is 3.63. The van der Waals surface area contributed by atoms with Gasteiger partial charge >= 0.3 is 6.09 Å². The van der Waals surface area contributed by atoms with Gasteiger partial charge in [-0.3, -0.25) is 14.2 Å². The molecule has 0 aliphatic carbocycles. The zero-order valence-electron chi connectivity index (χ0n) is 22.2. The third-order valence-corrected chi connectivity index (χ3v) is 6.91. The second-order valence-corrected chi connectivity index (χ2v) is 9.97. The number of carbonyl (C=O) groups excluding carboxylic acids is 2. The zero-order chi connectivity index (χ0) is 28.2. The molecule has 0 radical (unpaired) electrons. The van der Waals surface area contributed by atoms with Crippen LogP contribution < -0.4 is 20.4 Å². The minimum absolute atomic E-state index is 0.00707. The zero-order valence-corrected chi connectivity index (χ0v) is 23.0. The van der Waals surface area contributed by atoms with Crippen LogP contribution in [0.2, 0.25) is 5.02 Å². The number of pyridine rings is 1. The van der Waals surface area contributed by atoms with Crippen LogP contribution in [0.5, 0.6) is 5.88 Å². The molecule has 0 spiro atoms. The lowest BCUT2D eigenvalue weighted by Crippen LogP contribution is -2.36. The average molecular weight is 561 g/mol. The fourth-order valence-corrected chi connectivity index (χ4v) is 4.74. The van der Waals surface area contributed by atoms with Crippen LogP contribution in [0.3, 0.4) is 0 Å². The number of ether oxygens (including phenoxy) is 2. The summed E-state index contributed by atoms with van der Waals surface area (Å²) in [7, 11) is 3.10. The van der Waals surface area contributed by atoms with Gasteiger partial charge in [0, 0.05) is 54.5 Å². The van der Waals surface area contributed by atoms with E-state index in [4.69, 9.17) is 21.1 Å². The molecule has 2 heterocycles. The van der Waals surface area contributed by atoms with E-state index >= 15 is 0 Å². The minimum atomic E-state index is -0.670. The molecule has 0 saturated carbocycles. The summed E-state index contributed by atoms with van der Waals surface area (Å²) >= 11 is 6.31. The fourth-order valence-electron chi connectivity index (χ4n) is 4.57. The molecule has 0 bridgehead atoms. The van der Waals surface area contributed by atoms with Crippen molar-refractivity contribution in [1.29, 1.82) is 0 Å². The topological polar surface area (TPSA) is 93.1 Å². The Bertz CT molecular complexity index is 1600. The summed E-state index contributed by atoms with van der Waals surface area (Å²) in [5.41, 5.74) is 2.34. The normalized spacial score (nSPS) is 13.2. The van der Waals surface area contributed by atoms with E-state index in [1.807, 2.05) is 42.5 Å². The van der Waals surface area contributed by atoms with Crippen LogP contribution in [0.15, 0.2) is 77.6 Å². The molecular weight excluding hydrogens is 532 g/mol. The summed E-state index contributed by atoms with van der Waals surface area (Å²) in [6.45, 7) is 2.76. The van der Waals surface area contributed by atoms with Gasteiger partial charge in [-0.1, -0.05) is 29.8 Å². The second kappa shape index (κ2) is 11.8. The van der Waals surface area contributed by atoms with E-state index in [9.17, 15) is 14.4 Å². The third kappa shape index (κ3) is 5.66. The minimum Gasteiger partial charge on any atom is -0.392 e. The molecule has 2 amide bonds. The number of fused-ring (bicyclic) bond motifs is 1. The predicted molar refractivity (Wildman–Crippen MR) is 155 cm³/mol. The van der Waals surface area contributed by atoms with Gasteiger partial charge in [-0.2, -0.15) is 0 Å². The Kier molecular flexibility index (Phi) is 8.04. The first-order valence-electron chi connectivity index (χ1n) is 12.9. The highest BCUT2D eigenvalue weighted by molar-refractivity contribution is 6.31. The Balaban J connectivity index is 1.53. The number of rotatable bonds is 6. The van der Waals surface area contributed by atoms with E-state index in [1.54, 1.807) is 49.0 Å². The van der Waals surface area contributed by atoms with Gasteiger partial charge in [0.05, 0.1) is 30.8 Å². The molecule has 3 aromatic carbocycles. The van der Waals surface area contributed by atoms with Crippen LogP contribution in [-0.4, -0.2) is 61.9 Å². The molecule has 4 aromatic rings. The summed E-state index contributed by atoms with van der Waals surface area (Å²) < 4.78 is 12.9. The fraction of sp³-hybridized carbons (Fsp3) is 0.233. The maximum Gasteiger partial charge on any atom is 0.416 e. The van der Waals surface area contributed by atoms with Gasteiger partial charge in [0.25, 0.3) is 5.91 Å². The molecule has 40 heavy (non-hydrogen) atoms. The number of nitrogens with zero attached hydrogens (tertiary/aromatic N) is 3. The number of benzene rings is 3. The molecule has 1 saturated heterocycles. The molecule has 0 atom stereocenters. The molecule has 1 aliphatic heterocycles. The Morgan fingerprint density at radius 2 is 1.68 bits per heavy atom. The highest BCUT2D eigenvalue weighted by Crippen LogP contribution is 2.30. The summed E-state index contributed by atoms with van der Waals surface area (Å²) in [4.78, 5) is 43.1. The first-order chi connectivity index (χ1) is 19.3. The summed E-state index contributed by atoms with van der Waals surface area (Å²) in [6, 6.07) is 21.4. The van der Waals surface area contributed by atoms with Gasteiger partial charge in [0.2, 0.25) is 5.88 Å².